The molecule has 136 heavy (non-hydrogen) atoms. The molecule has 9 nitrogen and oxygen atoms in total. The highest BCUT2D eigenvalue weighted by atomic mass is 79.9. The van der Waals surface area contributed by atoms with Gasteiger partial charge in [-0.25, -0.2) is 0 Å². The zero-order chi connectivity index (χ0) is 94.7. The smallest absolute Gasteiger partial charge is 0.455 e. The fraction of sp³-hybridized carbons (Fsp3) is 0.0189. The van der Waals surface area contributed by atoms with Gasteiger partial charge in [-0.1, -0.05) is 345 Å². The Morgan fingerprint density at radius 2 is 0.551 bits per heavy atom. The van der Waals surface area contributed by atoms with E-state index in [0.29, 0.717) is 16.2 Å². The molecule has 30 heteroatoms. The van der Waals surface area contributed by atoms with Crippen LogP contribution in [0.3, 0.4) is 0 Å². The van der Waals surface area contributed by atoms with Gasteiger partial charge >= 0.3 is 15.6 Å². The molecular weight excluding hydrogens is 1750 g/mol. The number of para-hydroxylation sites is 6. The molecular formula is C106H77B16BrF3N3O6S. The minimum absolute atomic E-state index is 0. The van der Waals surface area contributed by atoms with Crippen molar-refractivity contribution < 1.29 is 39.0 Å². The summed E-state index contributed by atoms with van der Waals surface area (Å²) in [6.45, 7) is 0. The van der Waals surface area contributed by atoms with Gasteiger partial charge in [0.1, 0.15) is 33.5 Å². The maximum atomic E-state index is 12.5. The molecule has 3 heterocycles. The Labute approximate surface area is 815 Å². The lowest BCUT2D eigenvalue weighted by Gasteiger charge is -2.13. The lowest BCUT2D eigenvalue weighted by molar-refractivity contribution is -0.0499. The van der Waals surface area contributed by atoms with Crippen molar-refractivity contribution in [1.82, 2.24) is 0 Å². The van der Waals surface area contributed by atoms with Crippen molar-refractivity contribution in [3.8, 4) is 72.5 Å². The van der Waals surface area contributed by atoms with E-state index in [0.717, 1.165) is 137 Å². The molecule has 0 fully saturated rings. The van der Waals surface area contributed by atoms with Gasteiger partial charge in [-0.05, 0) is 163 Å². The topological polar surface area (TPSA) is 133 Å². The second-order valence-electron chi connectivity index (χ2n) is 31.7. The van der Waals surface area contributed by atoms with Gasteiger partial charge < -0.3 is 33.8 Å². The van der Waals surface area contributed by atoms with Gasteiger partial charge in [-0.3, -0.25) is 0 Å². The molecule has 20 radical (unpaired) electrons. The molecule has 0 atom stereocenters. The molecule has 0 saturated carbocycles. The minimum Gasteiger partial charge on any atom is -0.455 e. The minimum atomic E-state index is -5.71. The molecule has 0 aliphatic carbocycles. The number of furan rings is 3. The zero-order valence-electron chi connectivity index (χ0n) is 73.0. The lowest BCUT2D eigenvalue weighted by atomic mass is 8.68. The van der Waals surface area contributed by atoms with Crippen LogP contribution in [0.25, 0.3) is 154 Å². The number of benzene rings is 18. The monoisotopic (exact) mass is 1830 g/mol. The average molecular weight is 1830 g/mol. The van der Waals surface area contributed by atoms with Crippen LogP contribution >= 0.6 is 15.9 Å². The summed E-state index contributed by atoms with van der Waals surface area (Å²) < 4.78 is 83.9. The largest absolute Gasteiger partial charge is 0.534 e. The second-order valence-corrected chi connectivity index (χ2v) is 34.2. The first-order valence-corrected chi connectivity index (χ1v) is 45.4. The summed E-state index contributed by atoms with van der Waals surface area (Å²) in [5.41, 5.74) is 25.0. The van der Waals surface area contributed by atoms with E-state index in [4.69, 9.17) is 96.4 Å². The number of hydrogen-bond acceptors (Lipinski definition) is 9. The van der Waals surface area contributed by atoms with Gasteiger partial charge in [0.05, 0.1) is 0 Å². The third kappa shape index (κ3) is 24.3. The van der Waals surface area contributed by atoms with Gasteiger partial charge in [-0.2, -0.15) is 21.6 Å². The first kappa shape index (κ1) is 98.3. The van der Waals surface area contributed by atoms with Crippen LogP contribution in [-0.2, 0) is 10.1 Å². The average Bonchev–Trinajstić information content (AvgIpc) is 1.53. The predicted octanol–water partition coefficient (Wildman–Crippen LogP) is 25.0. The maximum absolute atomic E-state index is 12.5. The molecule has 0 unspecified atom stereocenters. The standard InChI is InChI=1S/2C30H21NO.C18H13NO.C15H9F3O3S.C12H9Br.CH4.2B8/c2*1-2-7-21(8-3-1)22-13-17-24(18-14-22)31-25-19-15-23(16-20-25)26-10-6-11-28-27-9-4-5-12-29(27)32-30(26)28;19-13-10-8-12(9-11-13)14-5-3-6-16-15-4-1-2-7-17(15)20-18(14)16;16-15(17,18)22(19,20)21-13-7-3-5-11-9-8-10-4-1-2-6-12(10)14(11)13;13-12-8-6-11(7-9-12)10-4-2-1-3-5-10;;2*1-6(2)8(5)7(3)4/h2*1-20,31H;1-11H,19H2;1-9H;1-9H;1H4;;. The van der Waals surface area contributed by atoms with E-state index in [1.165, 1.54) is 45.5 Å². The first-order valence-electron chi connectivity index (χ1n) is 43.2. The number of halogens is 4. The van der Waals surface area contributed by atoms with Crippen LogP contribution in [0.5, 0.6) is 5.75 Å². The van der Waals surface area contributed by atoms with Gasteiger partial charge in [0.15, 0.2) is 5.75 Å². The number of hydrogen-bond donors (Lipinski definition) is 3. The van der Waals surface area contributed by atoms with Crippen LogP contribution in [0.15, 0.2) is 436 Å². The van der Waals surface area contributed by atoms with Crippen molar-refractivity contribution >= 4 is 258 Å². The number of alkyl halides is 3. The summed E-state index contributed by atoms with van der Waals surface area (Å²) in [7, 11) is 45.8. The van der Waals surface area contributed by atoms with Crippen LogP contribution < -0.4 is 20.6 Å². The zero-order valence-corrected chi connectivity index (χ0v) is 75.4. The fourth-order valence-corrected chi connectivity index (χ4v) is 15.9. The van der Waals surface area contributed by atoms with Gasteiger partial charge in [0.25, 0.3) is 0 Å². The van der Waals surface area contributed by atoms with Crippen LogP contribution in [0.1, 0.15) is 7.43 Å². The molecule has 3 aromatic heterocycles. The summed E-state index contributed by atoms with van der Waals surface area (Å²) >= 11 is 3.42. The molecule has 0 aliphatic rings. The predicted molar refractivity (Wildman–Crippen MR) is 588 cm³/mol. The van der Waals surface area contributed by atoms with Gasteiger partial charge in [-0.15, -0.1) is 0 Å². The summed E-state index contributed by atoms with van der Waals surface area (Å²) in [5, 5.41) is 16.2. The van der Waals surface area contributed by atoms with Gasteiger partial charge in [0, 0.05) is 203 Å². The van der Waals surface area contributed by atoms with E-state index >= 15 is 0 Å². The second kappa shape index (κ2) is 45.6. The van der Waals surface area contributed by atoms with E-state index in [9.17, 15) is 21.6 Å². The highest BCUT2D eigenvalue weighted by Gasteiger charge is 2.49. The van der Waals surface area contributed by atoms with Crippen molar-refractivity contribution in [2.45, 2.75) is 12.9 Å². The summed E-state index contributed by atoms with van der Waals surface area (Å²) in [6, 6.07) is 140. The Bertz CT molecular complexity index is 7390. The Morgan fingerprint density at radius 1 is 0.287 bits per heavy atom. The van der Waals surface area contributed by atoms with E-state index < -0.39 is 53.9 Å². The molecule has 21 rings (SSSR count). The molecule has 0 amide bonds. The normalized spacial score (nSPS) is 10.8. The molecule has 0 saturated heterocycles. The number of nitrogens with two attached hydrogens (primary N) is 1. The maximum Gasteiger partial charge on any atom is 0.534 e. The molecule has 4 N–H and O–H groups in total. The summed E-state index contributed by atoms with van der Waals surface area (Å²) in [6.07, 6.45) is -3.56. The van der Waals surface area contributed by atoms with Gasteiger partial charge in [0.2, 0.25) is 0 Å². The number of nitrogen functional groups attached to an aromatic ring is 1. The molecule has 0 aliphatic heterocycles. The molecule has 634 valence electrons. The van der Waals surface area contributed by atoms with Crippen molar-refractivity contribution in [2.24, 2.45) is 0 Å². The van der Waals surface area contributed by atoms with Crippen molar-refractivity contribution in [3.63, 3.8) is 0 Å². The van der Waals surface area contributed by atoms with E-state index in [1.807, 2.05) is 84.9 Å². The van der Waals surface area contributed by atoms with Crippen LogP contribution in [0.2, 0.25) is 0 Å². The van der Waals surface area contributed by atoms with E-state index in [2.05, 4.69) is 310 Å². The number of anilines is 5. The number of fused-ring (bicyclic) bond motifs is 12. The number of rotatable bonds is 16. The number of nitrogens with one attached hydrogen (secondary N) is 2. The van der Waals surface area contributed by atoms with Crippen molar-refractivity contribution in [1.29, 1.82) is 0 Å². The lowest BCUT2D eigenvalue weighted by Crippen LogP contribution is -2.52. The Kier molecular flexibility index (Phi) is 33.0. The molecule has 18 aromatic carbocycles. The third-order valence-corrected chi connectivity index (χ3v) is 23.8. The quantitative estimate of drug-likeness (QED) is 0.0284. The summed E-state index contributed by atoms with van der Waals surface area (Å²) in [5.74, 6) is -0.341. The molecule has 0 spiro atoms. The van der Waals surface area contributed by atoms with Crippen LogP contribution in [0.4, 0.5) is 41.6 Å². The highest BCUT2D eigenvalue weighted by molar-refractivity contribution is 9.10. The first-order chi connectivity index (χ1) is 65.3. The molecule has 21 aromatic rings. The summed E-state index contributed by atoms with van der Waals surface area (Å²) in [4.78, 5) is 0. The van der Waals surface area contributed by atoms with Crippen LogP contribution in [0, 0.1) is 0 Å². The fourth-order valence-electron chi connectivity index (χ4n) is 15.2. The third-order valence-electron chi connectivity index (χ3n) is 22.3. The SMILES string of the molecule is Brc1ccc(-c2ccccc2)cc1.C.Nc1ccc(-c2cccc3c2oc2ccccc23)cc1.O=S(=O)(Oc1cccc2ccc3ccccc3c12)C(F)(F)F.[B]B([B])B([B])B([B])[B].[B]B([B])B([B])B([B])[B].c1ccc(-c2ccc(Nc3ccc(-c4cccc5c4oc4ccccc45)cc3)cc2)cc1.c1ccc(-c2ccc(Nc3ccc(-c4cccc5c4oc4ccccc45)cc3)cc2)cc1. The highest BCUT2D eigenvalue weighted by Crippen LogP contribution is 2.42. The molecule has 0 bridgehead atoms. The van der Waals surface area contributed by atoms with Crippen molar-refractivity contribution in [3.05, 3.63) is 423 Å². The Hall–Kier alpha value is -13.7. The van der Waals surface area contributed by atoms with Crippen molar-refractivity contribution in [2.75, 3.05) is 16.4 Å². The van der Waals surface area contributed by atoms with Crippen LogP contribution in [-0.4, -0.2) is 130 Å². The Morgan fingerprint density at radius 3 is 0.882 bits per heavy atom. The Balaban J connectivity index is 0.000000133. The van der Waals surface area contributed by atoms with E-state index in [1.54, 1.807) is 42.5 Å². The van der Waals surface area contributed by atoms with E-state index in [-0.39, 0.29) is 13.2 Å².